The van der Waals surface area contributed by atoms with Gasteiger partial charge in [0.15, 0.2) is 23.0 Å². The van der Waals surface area contributed by atoms with Crippen molar-refractivity contribution in [3.05, 3.63) is 41.5 Å². The fraction of sp³-hybridized carbons (Fsp3) is 0.429. The van der Waals surface area contributed by atoms with Gasteiger partial charge in [0.05, 0.1) is 26.3 Å². The molecule has 0 aliphatic rings. The Morgan fingerprint density at radius 3 is 1.85 bits per heavy atom. The second-order valence-corrected chi connectivity index (χ2v) is 7.12. The Morgan fingerprint density at radius 2 is 1.31 bits per heavy atom. The maximum Gasteiger partial charge on any atom is 0.221 e. The molecule has 2 aromatic rings. The predicted molar refractivity (Wildman–Crippen MR) is 108 cm³/mol. The molecule has 5 heteroatoms. The summed E-state index contributed by atoms with van der Waals surface area (Å²) in [6, 6.07) is 9.99. The standard InChI is InChI=1S/C21H28O4S/c1-13(2)15-8-9-17(18(10-15)22-5)24-20-12-16(14(3)4)11-19(23-6)21(20)25-26-7/h8-14H,1-7H3. The van der Waals surface area contributed by atoms with Gasteiger partial charge in [0, 0.05) is 6.26 Å². The summed E-state index contributed by atoms with van der Waals surface area (Å²) in [5.74, 6) is 3.92. The van der Waals surface area contributed by atoms with Gasteiger partial charge in [-0.05, 0) is 47.2 Å². The van der Waals surface area contributed by atoms with E-state index in [9.17, 15) is 0 Å². The van der Waals surface area contributed by atoms with Crippen molar-refractivity contribution in [1.82, 2.24) is 0 Å². The first-order valence-electron chi connectivity index (χ1n) is 8.69. The van der Waals surface area contributed by atoms with E-state index in [1.807, 2.05) is 30.5 Å². The number of rotatable bonds is 8. The molecular weight excluding hydrogens is 348 g/mol. The molecule has 0 N–H and O–H groups in total. The number of hydrogen-bond donors (Lipinski definition) is 0. The van der Waals surface area contributed by atoms with Crippen LogP contribution in [0, 0.1) is 0 Å². The van der Waals surface area contributed by atoms with Crippen molar-refractivity contribution in [3.8, 4) is 28.7 Å². The summed E-state index contributed by atoms with van der Waals surface area (Å²) in [6.45, 7) is 8.56. The Hall–Kier alpha value is -2.01. The molecule has 0 fully saturated rings. The monoisotopic (exact) mass is 376 g/mol. The highest BCUT2D eigenvalue weighted by atomic mass is 32.2. The molecule has 0 aliphatic heterocycles. The van der Waals surface area contributed by atoms with Gasteiger partial charge in [0.2, 0.25) is 5.75 Å². The minimum atomic E-state index is 0.333. The number of benzene rings is 2. The van der Waals surface area contributed by atoms with Crippen LogP contribution in [0.2, 0.25) is 0 Å². The smallest absolute Gasteiger partial charge is 0.221 e. The molecule has 4 nitrogen and oxygen atoms in total. The molecule has 0 amide bonds. The third-order valence-corrected chi connectivity index (χ3v) is 4.50. The number of methoxy groups -OCH3 is 2. The molecule has 0 aliphatic carbocycles. The average molecular weight is 377 g/mol. The van der Waals surface area contributed by atoms with E-state index in [2.05, 4.69) is 33.8 Å². The average Bonchev–Trinajstić information content (AvgIpc) is 2.62. The fourth-order valence-corrected chi connectivity index (χ4v) is 2.90. The van der Waals surface area contributed by atoms with Crippen LogP contribution in [-0.4, -0.2) is 20.5 Å². The van der Waals surface area contributed by atoms with Gasteiger partial charge in [0.1, 0.15) is 0 Å². The summed E-state index contributed by atoms with van der Waals surface area (Å²) in [5.41, 5.74) is 2.31. The van der Waals surface area contributed by atoms with Crippen molar-refractivity contribution < 1.29 is 18.4 Å². The highest BCUT2D eigenvalue weighted by molar-refractivity contribution is 7.94. The molecule has 2 rings (SSSR count). The van der Waals surface area contributed by atoms with Crippen molar-refractivity contribution in [2.45, 2.75) is 39.5 Å². The first-order chi connectivity index (χ1) is 12.4. The molecule has 0 radical (unpaired) electrons. The molecule has 0 heterocycles. The first-order valence-corrected chi connectivity index (χ1v) is 9.84. The summed E-state index contributed by atoms with van der Waals surface area (Å²) < 4.78 is 23.0. The van der Waals surface area contributed by atoms with E-state index in [0.29, 0.717) is 40.6 Å². The van der Waals surface area contributed by atoms with Crippen LogP contribution in [0.15, 0.2) is 30.3 Å². The van der Waals surface area contributed by atoms with Gasteiger partial charge in [-0.15, -0.1) is 0 Å². The Kier molecular flexibility index (Phi) is 7.09. The molecule has 0 aromatic heterocycles. The third-order valence-electron chi connectivity index (χ3n) is 4.17. The Balaban J connectivity index is 2.52. The molecule has 142 valence electrons. The molecule has 0 unspecified atom stereocenters. The van der Waals surface area contributed by atoms with Gasteiger partial charge >= 0.3 is 0 Å². The van der Waals surface area contributed by atoms with Gasteiger partial charge in [0.25, 0.3) is 0 Å². The van der Waals surface area contributed by atoms with Crippen LogP contribution in [0.3, 0.4) is 0 Å². The highest BCUT2D eigenvalue weighted by Crippen LogP contribution is 2.45. The summed E-state index contributed by atoms with van der Waals surface area (Å²) in [7, 11) is 3.28. The van der Waals surface area contributed by atoms with E-state index in [4.69, 9.17) is 18.4 Å². The highest BCUT2D eigenvalue weighted by Gasteiger charge is 2.19. The molecule has 0 bridgehead atoms. The Labute approximate surface area is 161 Å². The van der Waals surface area contributed by atoms with E-state index in [-0.39, 0.29) is 0 Å². The fourth-order valence-electron chi connectivity index (χ4n) is 2.57. The molecule has 0 saturated carbocycles. The normalized spacial score (nSPS) is 11.0. The Morgan fingerprint density at radius 1 is 0.731 bits per heavy atom. The largest absolute Gasteiger partial charge is 0.493 e. The van der Waals surface area contributed by atoms with Gasteiger partial charge in [-0.3, -0.25) is 0 Å². The zero-order valence-corrected chi connectivity index (χ0v) is 17.4. The lowest BCUT2D eigenvalue weighted by molar-refractivity contribution is 0.365. The number of ether oxygens (including phenoxy) is 3. The van der Waals surface area contributed by atoms with Gasteiger partial charge in [-0.1, -0.05) is 33.8 Å². The zero-order chi connectivity index (χ0) is 19.3. The maximum absolute atomic E-state index is 6.21. The molecule has 2 aromatic carbocycles. The molecule has 0 spiro atoms. The van der Waals surface area contributed by atoms with Crippen LogP contribution in [-0.2, 0) is 0 Å². The van der Waals surface area contributed by atoms with Crippen LogP contribution in [0.25, 0.3) is 0 Å². The van der Waals surface area contributed by atoms with Crippen molar-refractivity contribution in [3.63, 3.8) is 0 Å². The first kappa shape index (κ1) is 20.3. The van der Waals surface area contributed by atoms with Crippen LogP contribution in [0.5, 0.6) is 28.7 Å². The molecule has 0 saturated heterocycles. The van der Waals surface area contributed by atoms with E-state index in [1.165, 1.54) is 17.6 Å². The summed E-state index contributed by atoms with van der Waals surface area (Å²) in [6.07, 6.45) is 1.86. The van der Waals surface area contributed by atoms with Crippen molar-refractivity contribution >= 4 is 12.0 Å². The summed E-state index contributed by atoms with van der Waals surface area (Å²) >= 11 is 1.25. The second-order valence-electron chi connectivity index (χ2n) is 6.62. The van der Waals surface area contributed by atoms with E-state index in [0.717, 1.165) is 5.56 Å². The van der Waals surface area contributed by atoms with Crippen LogP contribution in [0.1, 0.15) is 50.7 Å². The molecule has 26 heavy (non-hydrogen) atoms. The van der Waals surface area contributed by atoms with Crippen LogP contribution < -0.4 is 18.4 Å². The van der Waals surface area contributed by atoms with Crippen molar-refractivity contribution in [2.24, 2.45) is 0 Å². The summed E-state index contributed by atoms with van der Waals surface area (Å²) in [5, 5.41) is 0. The second kappa shape index (κ2) is 9.08. The third kappa shape index (κ3) is 4.58. The molecular formula is C21H28O4S. The van der Waals surface area contributed by atoms with E-state index < -0.39 is 0 Å². The quantitative estimate of drug-likeness (QED) is 0.498. The van der Waals surface area contributed by atoms with Gasteiger partial charge in [-0.25, -0.2) is 0 Å². The topological polar surface area (TPSA) is 36.9 Å². The molecule has 0 atom stereocenters. The lowest BCUT2D eigenvalue weighted by Crippen LogP contribution is -1.99. The zero-order valence-electron chi connectivity index (χ0n) is 16.6. The lowest BCUT2D eigenvalue weighted by atomic mass is 10.0. The van der Waals surface area contributed by atoms with Gasteiger partial charge < -0.3 is 18.4 Å². The Bertz CT molecular complexity index is 741. The van der Waals surface area contributed by atoms with Crippen molar-refractivity contribution in [1.29, 1.82) is 0 Å². The maximum atomic E-state index is 6.21. The SMILES string of the molecule is COc1cc(C(C)C)ccc1Oc1cc(C(C)C)cc(OC)c1OSC. The lowest BCUT2D eigenvalue weighted by Gasteiger charge is -2.18. The van der Waals surface area contributed by atoms with Crippen molar-refractivity contribution in [2.75, 3.05) is 20.5 Å². The van der Waals surface area contributed by atoms with E-state index >= 15 is 0 Å². The van der Waals surface area contributed by atoms with Gasteiger partial charge in [-0.2, -0.15) is 0 Å². The van der Waals surface area contributed by atoms with Crippen LogP contribution in [0.4, 0.5) is 0 Å². The summed E-state index contributed by atoms with van der Waals surface area (Å²) in [4.78, 5) is 0. The minimum Gasteiger partial charge on any atom is -0.493 e. The minimum absolute atomic E-state index is 0.333. The number of hydrogen-bond acceptors (Lipinski definition) is 5. The predicted octanol–water partition coefficient (Wildman–Crippen LogP) is 6.40. The van der Waals surface area contributed by atoms with Crippen LogP contribution >= 0.6 is 12.0 Å². The van der Waals surface area contributed by atoms with E-state index in [1.54, 1.807) is 14.2 Å².